The van der Waals surface area contributed by atoms with E-state index in [0.29, 0.717) is 0 Å². The smallest absolute Gasteiger partial charge is 0.252 e. The average Bonchev–Trinajstić information content (AvgIpc) is 3.23. The zero-order valence-corrected chi connectivity index (χ0v) is 30.1. The lowest BCUT2D eigenvalue weighted by atomic mass is 9.33. The van der Waals surface area contributed by atoms with Crippen molar-refractivity contribution in [3.63, 3.8) is 0 Å². The third-order valence-corrected chi connectivity index (χ3v) is 12.4. The molecule has 0 atom stereocenters. The number of aryl methyl sites for hydroxylation is 4. The highest BCUT2D eigenvalue weighted by Gasteiger charge is 2.43. The van der Waals surface area contributed by atoms with Crippen LogP contribution in [0.25, 0.3) is 22.3 Å². The highest BCUT2D eigenvalue weighted by atomic mass is 15.2. The molecule has 2 heterocycles. The number of rotatable bonds is 4. The maximum absolute atomic E-state index is 2.61. The molecule has 0 unspecified atom stereocenters. The first kappa shape index (κ1) is 30.8. The number of para-hydroxylation sites is 2. The van der Waals surface area contributed by atoms with Crippen molar-refractivity contribution in [2.75, 3.05) is 9.80 Å². The normalized spacial score (nSPS) is 15.2. The predicted octanol–water partition coefficient (Wildman–Crippen LogP) is 10.9. The van der Waals surface area contributed by atoms with Crippen molar-refractivity contribution in [3.05, 3.63) is 174 Å². The summed E-state index contributed by atoms with van der Waals surface area (Å²) < 4.78 is 0. The Balaban J connectivity index is 1.20. The average molecular weight is 681 g/mol. The van der Waals surface area contributed by atoms with Gasteiger partial charge in [0, 0.05) is 33.9 Å². The minimum absolute atomic E-state index is 0.122. The van der Waals surface area contributed by atoms with Crippen LogP contribution in [-0.2, 0) is 25.7 Å². The van der Waals surface area contributed by atoms with Gasteiger partial charge in [-0.1, -0.05) is 103 Å². The highest BCUT2D eigenvalue weighted by Crippen LogP contribution is 2.49. The summed E-state index contributed by atoms with van der Waals surface area (Å²) in [5.74, 6) is 0. The summed E-state index contributed by atoms with van der Waals surface area (Å²) in [4.78, 5) is 5.22. The monoisotopic (exact) mass is 680 g/mol. The van der Waals surface area contributed by atoms with E-state index < -0.39 is 0 Å². The van der Waals surface area contributed by atoms with Crippen LogP contribution in [0.5, 0.6) is 0 Å². The minimum Gasteiger partial charge on any atom is -0.311 e. The summed E-state index contributed by atoms with van der Waals surface area (Å²) in [5.41, 5.74) is 23.0. The van der Waals surface area contributed by atoms with Crippen LogP contribution in [0.1, 0.15) is 47.9 Å². The van der Waals surface area contributed by atoms with Gasteiger partial charge in [-0.25, -0.2) is 0 Å². The van der Waals surface area contributed by atoms with E-state index in [1.165, 1.54) is 121 Å². The maximum Gasteiger partial charge on any atom is 0.252 e. The molecule has 0 spiro atoms. The fourth-order valence-corrected chi connectivity index (χ4v) is 9.97. The third-order valence-electron chi connectivity index (χ3n) is 12.4. The Bertz CT molecular complexity index is 2370. The number of benzene rings is 7. The third kappa shape index (κ3) is 4.87. The van der Waals surface area contributed by atoms with Crippen LogP contribution < -0.4 is 26.2 Å². The number of hydrogen-bond acceptors (Lipinski definition) is 2. The number of anilines is 6. The van der Waals surface area contributed by atoms with Gasteiger partial charge in [0.15, 0.2) is 0 Å². The Morgan fingerprint density at radius 3 is 1.17 bits per heavy atom. The second-order valence-electron chi connectivity index (χ2n) is 15.4. The summed E-state index contributed by atoms with van der Waals surface area (Å²) in [6.45, 7) is 0.122. The fourth-order valence-electron chi connectivity index (χ4n) is 9.97. The van der Waals surface area contributed by atoms with Crippen molar-refractivity contribution in [3.8, 4) is 22.3 Å². The van der Waals surface area contributed by atoms with Crippen molar-refractivity contribution in [1.82, 2.24) is 0 Å². The van der Waals surface area contributed by atoms with Crippen molar-refractivity contribution in [2.45, 2.75) is 51.4 Å². The van der Waals surface area contributed by atoms with Crippen LogP contribution in [-0.4, -0.2) is 6.71 Å². The second kappa shape index (κ2) is 12.4. The number of nitrogens with zero attached hydrogens (tertiary/aromatic N) is 2. The van der Waals surface area contributed by atoms with Gasteiger partial charge in [-0.15, -0.1) is 0 Å². The molecule has 3 heteroatoms. The van der Waals surface area contributed by atoms with Gasteiger partial charge in [-0.05, 0) is 150 Å². The van der Waals surface area contributed by atoms with Gasteiger partial charge in [-0.2, -0.15) is 0 Å². The first-order chi connectivity index (χ1) is 26.3. The Labute approximate surface area is 313 Å². The van der Waals surface area contributed by atoms with Gasteiger partial charge in [0.2, 0.25) is 0 Å². The van der Waals surface area contributed by atoms with E-state index in [2.05, 4.69) is 161 Å². The van der Waals surface area contributed by atoms with Crippen molar-refractivity contribution in [1.29, 1.82) is 0 Å². The molecule has 0 saturated heterocycles. The molecule has 0 saturated carbocycles. The van der Waals surface area contributed by atoms with Crippen LogP contribution in [0, 0.1) is 0 Å². The predicted molar refractivity (Wildman–Crippen MR) is 225 cm³/mol. The Hall–Kier alpha value is -5.80. The SMILES string of the molecule is c1ccc(-c2cc3c(cc2N2c4ccccc4B4c5ccccc5N(c5cc6c(cc5-c5ccccc5)CCCC6)c5cccc2c54)CCCC3)cc1. The van der Waals surface area contributed by atoms with E-state index in [0.717, 1.165) is 25.7 Å². The fraction of sp³-hybridized carbons (Fsp3) is 0.160. The molecule has 254 valence electrons. The summed E-state index contributed by atoms with van der Waals surface area (Å²) in [6, 6.07) is 57.7. The van der Waals surface area contributed by atoms with E-state index in [9.17, 15) is 0 Å². The maximum atomic E-state index is 2.61. The van der Waals surface area contributed by atoms with E-state index in [-0.39, 0.29) is 6.71 Å². The van der Waals surface area contributed by atoms with E-state index in [4.69, 9.17) is 0 Å². The molecular formula is C50H41BN2. The molecule has 0 N–H and O–H groups in total. The second-order valence-corrected chi connectivity index (χ2v) is 15.4. The quantitative estimate of drug-likeness (QED) is 0.171. The molecule has 0 aromatic heterocycles. The van der Waals surface area contributed by atoms with Gasteiger partial charge in [-0.3, -0.25) is 0 Å². The van der Waals surface area contributed by atoms with Crippen molar-refractivity contribution in [2.24, 2.45) is 0 Å². The summed E-state index contributed by atoms with van der Waals surface area (Å²) in [5, 5.41) is 0. The number of fused-ring (bicyclic) bond motifs is 6. The topological polar surface area (TPSA) is 6.48 Å². The molecule has 4 aliphatic rings. The molecule has 2 aliphatic carbocycles. The zero-order chi connectivity index (χ0) is 34.9. The molecule has 0 radical (unpaired) electrons. The molecular weight excluding hydrogens is 639 g/mol. The Kier molecular flexibility index (Phi) is 7.21. The van der Waals surface area contributed by atoms with E-state index >= 15 is 0 Å². The number of hydrogen-bond donors (Lipinski definition) is 0. The lowest BCUT2D eigenvalue weighted by molar-refractivity contribution is 0.686. The lowest BCUT2D eigenvalue weighted by Crippen LogP contribution is -2.61. The lowest BCUT2D eigenvalue weighted by Gasteiger charge is -2.45. The van der Waals surface area contributed by atoms with Crippen LogP contribution in [0.2, 0.25) is 0 Å². The molecule has 7 aromatic rings. The summed E-state index contributed by atoms with van der Waals surface area (Å²) in [7, 11) is 0. The Morgan fingerprint density at radius 2 is 0.717 bits per heavy atom. The van der Waals surface area contributed by atoms with E-state index in [1.54, 1.807) is 0 Å². The summed E-state index contributed by atoms with van der Waals surface area (Å²) >= 11 is 0. The van der Waals surface area contributed by atoms with Crippen LogP contribution >= 0.6 is 0 Å². The standard InChI is InChI=1S/C50H41BN2/c1-3-16-34(17-4-1)40-30-36-20-7-9-22-38(36)32-48(40)52-44-26-13-11-24-42(44)51-43-25-12-14-27-45(43)53(47-29-15-28-46(52)50(47)51)49-33-39-23-10-8-21-37(39)31-41(49)35-18-5-2-6-19-35/h1-6,11-19,24-33H,7-10,20-23H2. The molecule has 7 aromatic carbocycles. The molecule has 0 bridgehead atoms. The van der Waals surface area contributed by atoms with Gasteiger partial charge in [0.05, 0.1) is 11.4 Å². The van der Waals surface area contributed by atoms with Gasteiger partial charge < -0.3 is 9.80 Å². The van der Waals surface area contributed by atoms with Crippen LogP contribution in [0.15, 0.2) is 152 Å². The van der Waals surface area contributed by atoms with Gasteiger partial charge in [0.25, 0.3) is 6.71 Å². The van der Waals surface area contributed by atoms with E-state index in [1.807, 2.05) is 0 Å². The van der Waals surface area contributed by atoms with Gasteiger partial charge in [0.1, 0.15) is 0 Å². The first-order valence-electron chi connectivity index (χ1n) is 19.7. The first-order valence-corrected chi connectivity index (χ1v) is 19.7. The molecule has 0 amide bonds. The van der Waals surface area contributed by atoms with Crippen LogP contribution in [0.4, 0.5) is 34.1 Å². The summed E-state index contributed by atoms with van der Waals surface area (Å²) in [6.07, 6.45) is 9.65. The van der Waals surface area contributed by atoms with Gasteiger partial charge >= 0.3 is 0 Å². The minimum atomic E-state index is 0.122. The molecule has 2 aliphatic heterocycles. The molecule has 0 fully saturated rings. The largest absolute Gasteiger partial charge is 0.311 e. The van der Waals surface area contributed by atoms with Crippen LogP contribution in [0.3, 0.4) is 0 Å². The molecule has 2 nitrogen and oxygen atoms in total. The molecule has 11 rings (SSSR count). The van der Waals surface area contributed by atoms with Crippen molar-refractivity contribution < 1.29 is 0 Å². The highest BCUT2D eigenvalue weighted by molar-refractivity contribution is 7.00. The zero-order valence-electron chi connectivity index (χ0n) is 30.1. The molecule has 53 heavy (non-hydrogen) atoms. The van der Waals surface area contributed by atoms with Crippen molar-refractivity contribution >= 4 is 57.2 Å². The Morgan fingerprint density at radius 1 is 0.340 bits per heavy atom.